The molecule has 7 heteroatoms. The number of aryl methyl sites for hydroxylation is 1. The summed E-state index contributed by atoms with van der Waals surface area (Å²) < 4.78 is 33.5. The Bertz CT molecular complexity index is 768. The molecular weight excluding hydrogens is 308 g/mol. The Kier molecular flexibility index (Phi) is 3.75. The first-order chi connectivity index (χ1) is 10.0. The second kappa shape index (κ2) is 5.42. The molecule has 0 bridgehead atoms. The monoisotopic (exact) mass is 324 g/mol. The third-order valence-electron chi connectivity index (χ3n) is 3.44. The third-order valence-corrected chi connectivity index (χ3v) is 6.40. The summed E-state index contributed by atoms with van der Waals surface area (Å²) in [5.41, 5.74) is 7.23. The number of benzene rings is 1. The van der Waals surface area contributed by atoms with E-state index in [1.54, 1.807) is 6.92 Å². The van der Waals surface area contributed by atoms with Gasteiger partial charge in [0.25, 0.3) is 0 Å². The zero-order chi connectivity index (χ0) is 15.0. The predicted molar refractivity (Wildman–Crippen MR) is 81.9 cm³/mol. The lowest BCUT2D eigenvalue weighted by atomic mass is 10.1. The van der Waals surface area contributed by atoms with Gasteiger partial charge in [-0.2, -0.15) is 0 Å². The van der Waals surface area contributed by atoms with E-state index in [-0.39, 0.29) is 12.6 Å². The largest absolute Gasteiger partial charge is 0.491 e. The number of sulfonamides is 1. The summed E-state index contributed by atoms with van der Waals surface area (Å²) in [6, 6.07) is 7.09. The molecule has 1 aliphatic heterocycles. The standard InChI is InChI=1S/C14H16N2O3S2/c1-9-8-20-13(6-15)14(9)21(17,18)16-11-7-19-12-5-3-2-4-10(11)12/h2-5,8,11,16H,6-7,15H2,1H3. The number of hydrogen-bond donors (Lipinski definition) is 2. The van der Waals surface area contributed by atoms with Crippen molar-refractivity contribution in [1.29, 1.82) is 0 Å². The lowest BCUT2D eigenvalue weighted by Crippen LogP contribution is -2.30. The van der Waals surface area contributed by atoms with E-state index in [9.17, 15) is 8.42 Å². The van der Waals surface area contributed by atoms with Crippen molar-refractivity contribution in [2.75, 3.05) is 6.61 Å². The minimum Gasteiger partial charge on any atom is -0.491 e. The van der Waals surface area contributed by atoms with Crippen molar-refractivity contribution in [3.8, 4) is 5.75 Å². The lowest BCUT2D eigenvalue weighted by molar-refractivity contribution is 0.325. The van der Waals surface area contributed by atoms with Crippen molar-refractivity contribution in [3.63, 3.8) is 0 Å². The second-order valence-corrected chi connectivity index (χ2v) is 7.51. The molecule has 1 aliphatic rings. The molecule has 21 heavy (non-hydrogen) atoms. The van der Waals surface area contributed by atoms with E-state index in [2.05, 4.69) is 4.72 Å². The van der Waals surface area contributed by atoms with E-state index in [0.29, 0.717) is 16.4 Å². The zero-order valence-corrected chi connectivity index (χ0v) is 13.1. The predicted octanol–water partition coefficient (Wildman–Crippen LogP) is 1.93. The van der Waals surface area contributed by atoms with Crippen molar-refractivity contribution < 1.29 is 13.2 Å². The number of thiophene rings is 1. The number of hydrogen-bond acceptors (Lipinski definition) is 5. The third kappa shape index (κ3) is 2.57. The molecule has 0 saturated carbocycles. The zero-order valence-electron chi connectivity index (χ0n) is 11.5. The number of rotatable bonds is 4. The Morgan fingerprint density at radius 1 is 1.43 bits per heavy atom. The van der Waals surface area contributed by atoms with Crippen LogP contribution in [0.1, 0.15) is 22.0 Å². The molecule has 0 radical (unpaired) electrons. The van der Waals surface area contributed by atoms with Crippen LogP contribution in [0.4, 0.5) is 0 Å². The Balaban J connectivity index is 1.93. The average molecular weight is 324 g/mol. The molecule has 1 atom stereocenters. The molecule has 1 aromatic carbocycles. The number of fused-ring (bicyclic) bond motifs is 1. The van der Waals surface area contributed by atoms with Crippen LogP contribution >= 0.6 is 11.3 Å². The minimum atomic E-state index is -3.62. The summed E-state index contributed by atoms with van der Waals surface area (Å²) in [7, 11) is -3.62. The first-order valence-corrected chi connectivity index (χ1v) is 8.90. The van der Waals surface area contributed by atoms with E-state index in [1.807, 2.05) is 29.6 Å². The van der Waals surface area contributed by atoms with E-state index in [1.165, 1.54) is 11.3 Å². The number of para-hydroxylation sites is 1. The fourth-order valence-corrected chi connectivity index (χ4v) is 5.40. The van der Waals surface area contributed by atoms with Gasteiger partial charge in [0.1, 0.15) is 17.3 Å². The quantitative estimate of drug-likeness (QED) is 0.900. The van der Waals surface area contributed by atoms with Crippen molar-refractivity contribution in [1.82, 2.24) is 4.72 Å². The fourth-order valence-electron chi connectivity index (χ4n) is 2.50. The molecule has 5 nitrogen and oxygen atoms in total. The molecule has 3 rings (SSSR count). The highest BCUT2D eigenvalue weighted by atomic mass is 32.2. The molecule has 0 spiro atoms. The van der Waals surface area contributed by atoms with Crippen LogP contribution < -0.4 is 15.2 Å². The van der Waals surface area contributed by atoms with Crippen molar-refractivity contribution in [2.24, 2.45) is 5.73 Å². The van der Waals surface area contributed by atoms with Crippen molar-refractivity contribution >= 4 is 21.4 Å². The van der Waals surface area contributed by atoms with Crippen molar-refractivity contribution in [3.05, 3.63) is 45.6 Å². The maximum absolute atomic E-state index is 12.6. The normalized spacial score (nSPS) is 17.5. The smallest absolute Gasteiger partial charge is 0.242 e. The summed E-state index contributed by atoms with van der Waals surface area (Å²) in [6.07, 6.45) is 0. The van der Waals surface area contributed by atoms with Crippen LogP contribution in [0.5, 0.6) is 5.75 Å². The molecule has 2 heterocycles. The topological polar surface area (TPSA) is 81.4 Å². The van der Waals surface area contributed by atoms with Gasteiger partial charge >= 0.3 is 0 Å². The first-order valence-electron chi connectivity index (χ1n) is 6.54. The van der Waals surface area contributed by atoms with Crippen LogP contribution in [0, 0.1) is 6.92 Å². The van der Waals surface area contributed by atoms with Gasteiger partial charge in [-0.25, -0.2) is 13.1 Å². The number of ether oxygens (including phenoxy) is 1. The molecule has 0 aliphatic carbocycles. The minimum absolute atomic E-state index is 0.215. The number of nitrogens with one attached hydrogen (secondary N) is 1. The summed E-state index contributed by atoms with van der Waals surface area (Å²) >= 11 is 1.37. The van der Waals surface area contributed by atoms with Gasteiger partial charge in [-0.15, -0.1) is 11.3 Å². The molecule has 1 unspecified atom stereocenters. The summed E-state index contributed by atoms with van der Waals surface area (Å²) in [5.74, 6) is 0.728. The first kappa shape index (κ1) is 14.5. The fraction of sp³-hybridized carbons (Fsp3) is 0.286. The van der Waals surface area contributed by atoms with Crippen LogP contribution in [0.2, 0.25) is 0 Å². The molecular formula is C14H16N2O3S2. The Morgan fingerprint density at radius 2 is 2.19 bits per heavy atom. The van der Waals surface area contributed by atoms with Crippen LogP contribution in [0.15, 0.2) is 34.5 Å². The Labute approximate surface area is 127 Å². The van der Waals surface area contributed by atoms with Gasteiger partial charge in [0.15, 0.2) is 0 Å². The van der Waals surface area contributed by atoms with Gasteiger partial charge in [0.2, 0.25) is 10.0 Å². The van der Waals surface area contributed by atoms with Crippen LogP contribution in [-0.4, -0.2) is 15.0 Å². The summed E-state index contributed by atoms with van der Waals surface area (Å²) in [4.78, 5) is 0.978. The highest BCUT2D eigenvalue weighted by Crippen LogP contribution is 2.34. The lowest BCUT2D eigenvalue weighted by Gasteiger charge is -2.13. The van der Waals surface area contributed by atoms with Gasteiger partial charge in [0.05, 0.1) is 6.04 Å². The number of nitrogens with two attached hydrogens (primary N) is 1. The van der Waals surface area contributed by atoms with Crippen molar-refractivity contribution in [2.45, 2.75) is 24.4 Å². The van der Waals surface area contributed by atoms with Crippen LogP contribution in [0.25, 0.3) is 0 Å². The van der Waals surface area contributed by atoms with Gasteiger partial charge in [-0.3, -0.25) is 0 Å². The van der Waals surface area contributed by atoms with Gasteiger partial charge < -0.3 is 10.5 Å². The molecule has 0 saturated heterocycles. The molecule has 112 valence electrons. The van der Waals surface area contributed by atoms with Gasteiger partial charge in [-0.1, -0.05) is 18.2 Å². The maximum atomic E-state index is 12.6. The van der Waals surface area contributed by atoms with E-state index in [0.717, 1.165) is 16.9 Å². The highest BCUT2D eigenvalue weighted by Gasteiger charge is 2.31. The molecule has 1 aromatic heterocycles. The highest BCUT2D eigenvalue weighted by molar-refractivity contribution is 7.89. The maximum Gasteiger partial charge on any atom is 0.242 e. The van der Waals surface area contributed by atoms with E-state index in [4.69, 9.17) is 10.5 Å². The molecule has 0 fully saturated rings. The van der Waals surface area contributed by atoms with E-state index < -0.39 is 10.0 Å². The second-order valence-electron chi connectivity index (χ2n) is 4.90. The summed E-state index contributed by atoms with van der Waals surface area (Å²) in [6.45, 7) is 2.30. The van der Waals surface area contributed by atoms with Crippen LogP contribution in [-0.2, 0) is 16.6 Å². The Hall–Kier alpha value is -1.41. The van der Waals surface area contributed by atoms with E-state index >= 15 is 0 Å². The average Bonchev–Trinajstić information content (AvgIpc) is 3.03. The summed E-state index contributed by atoms with van der Waals surface area (Å²) in [5, 5.41) is 1.82. The molecule has 3 N–H and O–H groups in total. The van der Waals surface area contributed by atoms with Crippen LogP contribution in [0.3, 0.4) is 0 Å². The van der Waals surface area contributed by atoms with Gasteiger partial charge in [0, 0.05) is 17.0 Å². The SMILES string of the molecule is Cc1csc(CN)c1S(=O)(=O)NC1COc2ccccc21. The molecule has 2 aromatic rings. The molecule has 0 amide bonds. The van der Waals surface area contributed by atoms with Gasteiger partial charge in [-0.05, 0) is 23.9 Å². The Morgan fingerprint density at radius 3 is 2.95 bits per heavy atom.